The van der Waals surface area contributed by atoms with Crippen LogP contribution >= 0.6 is 0 Å². The summed E-state index contributed by atoms with van der Waals surface area (Å²) in [4.78, 5) is 9.00. The standard InChI is InChI=1S/C5H9N.C2H4O2/c1-5(2)3-4-6;1-2(3)4/h5H,3H2,1-2H3;1H3,(H,3,4). The van der Waals surface area contributed by atoms with Crippen molar-refractivity contribution in [2.24, 2.45) is 5.92 Å². The normalized spacial score (nSPS) is 7.50. The molecule has 0 saturated carbocycles. The van der Waals surface area contributed by atoms with Gasteiger partial charge >= 0.3 is 0 Å². The van der Waals surface area contributed by atoms with Gasteiger partial charge in [0, 0.05) is 13.3 Å². The van der Waals surface area contributed by atoms with Crippen LogP contribution < -0.4 is 0 Å². The maximum atomic E-state index is 9.00. The zero-order valence-electron chi connectivity index (χ0n) is 6.59. The quantitative estimate of drug-likeness (QED) is 0.607. The Labute approximate surface area is 61.3 Å². The van der Waals surface area contributed by atoms with E-state index in [1.807, 2.05) is 13.8 Å². The van der Waals surface area contributed by atoms with Gasteiger partial charge in [-0.1, -0.05) is 13.8 Å². The Balaban J connectivity index is 0. The molecule has 0 aromatic rings. The minimum absolute atomic E-state index is 0.537. The number of hydrogen-bond acceptors (Lipinski definition) is 2. The topological polar surface area (TPSA) is 61.1 Å². The molecule has 0 bridgehead atoms. The van der Waals surface area contributed by atoms with E-state index < -0.39 is 5.97 Å². The van der Waals surface area contributed by atoms with Crippen LogP contribution in [0.25, 0.3) is 0 Å². The van der Waals surface area contributed by atoms with E-state index in [1.54, 1.807) is 0 Å². The molecule has 0 radical (unpaired) electrons. The van der Waals surface area contributed by atoms with E-state index in [-0.39, 0.29) is 0 Å². The van der Waals surface area contributed by atoms with E-state index >= 15 is 0 Å². The lowest BCUT2D eigenvalue weighted by atomic mass is 10.2. The van der Waals surface area contributed by atoms with Crippen molar-refractivity contribution in [3.05, 3.63) is 0 Å². The summed E-state index contributed by atoms with van der Waals surface area (Å²) in [6, 6.07) is 2.07. The van der Waals surface area contributed by atoms with Crippen LogP contribution in [0.15, 0.2) is 0 Å². The van der Waals surface area contributed by atoms with E-state index in [4.69, 9.17) is 15.2 Å². The second-order valence-electron chi connectivity index (χ2n) is 2.28. The second-order valence-corrected chi connectivity index (χ2v) is 2.28. The average Bonchev–Trinajstić information content (AvgIpc) is 1.62. The largest absolute Gasteiger partial charge is 0.481 e. The molecule has 0 fully saturated rings. The molecule has 0 heterocycles. The van der Waals surface area contributed by atoms with Crippen molar-refractivity contribution in [1.29, 1.82) is 5.26 Å². The molecule has 0 aliphatic carbocycles. The lowest BCUT2D eigenvalue weighted by Crippen LogP contribution is -1.79. The molecular weight excluding hydrogens is 130 g/mol. The van der Waals surface area contributed by atoms with Crippen molar-refractivity contribution in [3.8, 4) is 6.07 Å². The lowest BCUT2D eigenvalue weighted by molar-refractivity contribution is -0.134. The van der Waals surface area contributed by atoms with Crippen LogP contribution in [-0.2, 0) is 4.79 Å². The molecule has 0 aliphatic heterocycles. The van der Waals surface area contributed by atoms with Crippen molar-refractivity contribution >= 4 is 5.97 Å². The molecule has 1 N–H and O–H groups in total. The molecule has 0 saturated heterocycles. The number of hydrogen-bond donors (Lipinski definition) is 1. The van der Waals surface area contributed by atoms with E-state index in [0.717, 1.165) is 6.92 Å². The number of aliphatic carboxylic acids is 1. The van der Waals surface area contributed by atoms with Gasteiger partial charge in [0.05, 0.1) is 6.07 Å². The van der Waals surface area contributed by atoms with Crippen LogP contribution in [0.1, 0.15) is 27.2 Å². The SMILES string of the molecule is CC(=O)O.CC(C)CC#N. The van der Waals surface area contributed by atoms with Crippen molar-refractivity contribution < 1.29 is 9.90 Å². The van der Waals surface area contributed by atoms with E-state index in [1.165, 1.54) is 0 Å². The van der Waals surface area contributed by atoms with E-state index in [2.05, 4.69) is 6.07 Å². The molecule has 0 aromatic heterocycles. The predicted molar refractivity (Wildman–Crippen MR) is 38.4 cm³/mol. The van der Waals surface area contributed by atoms with E-state index in [0.29, 0.717) is 12.3 Å². The Bertz CT molecular complexity index is 120. The minimum Gasteiger partial charge on any atom is -0.481 e. The number of carbonyl (C=O) groups is 1. The summed E-state index contributed by atoms with van der Waals surface area (Å²) in [6.07, 6.45) is 0.681. The summed E-state index contributed by atoms with van der Waals surface area (Å²) in [7, 11) is 0. The molecule has 0 aliphatic rings. The molecule has 0 unspecified atom stereocenters. The second kappa shape index (κ2) is 7.96. The van der Waals surface area contributed by atoms with Gasteiger partial charge in [0.1, 0.15) is 0 Å². The molecule has 0 spiro atoms. The molecule has 3 heteroatoms. The van der Waals surface area contributed by atoms with Crippen LogP contribution in [-0.4, -0.2) is 11.1 Å². The Hall–Kier alpha value is -1.04. The van der Waals surface area contributed by atoms with E-state index in [9.17, 15) is 0 Å². The highest BCUT2D eigenvalue weighted by Gasteiger charge is 1.85. The minimum atomic E-state index is -0.833. The number of carboxylic acids is 1. The molecule has 0 atom stereocenters. The molecule has 58 valence electrons. The van der Waals surface area contributed by atoms with Gasteiger partial charge in [0.25, 0.3) is 5.97 Å². The molecule has 10 heavy (non-hydrogen) atoms. The third-order valence-corrected chi connectivity index (χ3v) is 0.500. The lowest BCUT2D eigenvalue weighted by Gasteiger charge is -1.88. The average molecular weight is 143 g/mol. The molecule has 3 nitrogen and oxygen atoms in total. The number of nitrogens with zero attached hydrogens (tertiary/aromatic N) is 1. The van der Waals surface area contributed by atoms with Gasteiger partial charge < -0.3 is 5.11 Å². The Morgan fingerprint density at radius 1 is 1.70 bits per heavy atom. The van der Waals surface area contributed by atoms with Crippen molar-refractivity contribution in [3.63, 3.8) is 0 Å². The highest BCUT2D eigenvalue weighted by Crippen LogP contribution is 1.94. The number of rotatable bonds is 1. The zero-order valence-corrected chi connectivity index (χ0v) is 6.59. The summed E-state index contributed by atoms with van der Waals surface area (Å²) in [5.74, 6) is -0.296. The molecule has 0 amide bonds. The van der Waals surface area contributed by atoms with Gasteiger partial charge in [0.2, 0.25) is 0 Å². The smallest absolute Gasteiger partial charge is 0.300 e. The molecular formula is C7H13NO2. The first kappa shape index (κ1) is 11.7. The predicted octanol–water partition coefficient (Wildman–Crippen LogP) is 1.65. The van der Waals surface area contributed by atoms with Crippen LogP contribution in [0.5, 0.6) is 0 Å². The summed E-state index contributed by atoms with van der Waals surface area (Å²) < 4.78 is 0. The highest BCUT2D eigenvalue weighted by atomic mass is 16.4. The highest BCUT2D eigenvalue weighted by molar-refractivity contribution is 5.62. The summed E-state index contributed by atoms with van der Waals surface area (Å²) in [6.45, 7) is 5.15. The van der Waals surface area contributed by atoms with Gasteiger partial charge in [-0.3, -0.25) is 4.79 Å². The zero-order chi connectivity index (χ0) is 8.57. The fraction of sp³-hybridized carbons (Fsp3) is 0.714. The van der Waals surface area contributed by atoms with Crippen LogP contribution in [0, 0.1) is 17.2 Å². The number of carboxylic acid groups (broad SMARTS) is 1. The van der Waals surface area contributed by atoms with Gasteiger partial charge in [0.15, 0.2) is 0 Å². The summed E-state index contributed by atoms with van der Waals surface area (Å²) in [5.41, 5.74) is 0. The van der Waals surface area contributed by atoms with Crippen molar-refractivity contribution in [2.45, 2.75) is 27.2 Å². The number of nitriles is 1. The Morgan fingerprint density at radius 2 is 2.00 bits per heavy atom. The van der Waals surface area contributed by atoms with Crippen LogP contribution in [0.2, 0.25) is 0 Å². The summed E-state index contributed by atoms with van der Waals surface area (Å²) >= 11 is 0. The fourth-order valence-electron chi connectivity index (χ4n) is 0.183. The Kier molecular flexibility index (Phi) is 9.33. The van der Waals surface area contributed by atoms with Crippen LogP contribution in [0.3, 0.4) is 0 Å². The summed E-state index contributed by atoms with van der Waals surface area (Å²) in [5, 5.41) is 15.4. The van der Waals surface area contributed by atoms with Crippen molar-refractivity contribution in [2.75, 3.05) is 0 Å². The first-order valence-electron chi connectivity index (χ1n) is 3.07. The van der Waals surface area contributed by atoms with Gasteiger partial charge in [-0.2, -0.15) is 5.26 Å². The first-order chi connectivity index (χ1) is 4.50. The monoisotopic (exact) mass is 143 g/mol. The molecule has 0 aromatic carbocycles. The Morgan fingerprint density at radius 3 is 2.00 bits per heavy atom. The van der Waals surface area contributed by atoms with Gasteiger partial charge in [-0.15, -0.1) is 0 Å². The first-order valence-corrected chi connectivity index (χ1v) is 3.07. The van der Waals surface area contributed by atoms with Gasteiger partial charge in [-0.05, 0) is 5.92 Å². The van der Waals surface area contributed by atoms with Crippen molar-refractivity contribution in [1.82, 2.24) is 0 Å². The third kappa shape index (κ3) is 64.4. The maximum absolute atomic E-state index is 9.00. The van der Waals surface area contributed by atoms with Gasteiger partial charge in [-0.25, -0.2) is 0 Å². The van der Waals surface area contributed by atoms with Crippen LogP contribution in [0.4, 0.5) is 0 Å². The molecule has 0 rings (SSSR count). The maximum Gasteiger partial charge on any atom is 0.300 e. The fourth-order valence-corrected chi connectivity index (χ4v) is 0.183. The third-order valence-electron chi connectivity index (χ3n) is 0.500.